The van der Waals surface area contributed by atoms with Crippen molar-refractivity contribution in [2.75, 3.05) is 13.1 Å². The number of hydrogen-bond donors (Lipinski definition) is 1. The van der Waals surface area contributed by atoms with Crippen LogP contribution in [0.4, 0.5) is 0 Å². The minimum Gasteiger partial charge on any atom is -0.357 e. The van der Waals surface area contributed by atoms with E-state index in [2.05, 4.69) is 32.2 Å². The molecule has 1 N–H and O–H groups in total. The quantitative estimate of drug-likeness (QED) is 0.665. The molecular weight excluding hydrogens is 164 g/mol. The molecule has 3 nitrogen and oxygen atoms in total. The van der Waals surface area contributed by atoms with Gasteiger partial charge in [-0.1, -0.05) is 20.8 Å². The van der Waals surface area contributed by atoms with E-state index in [0.717, 1.165) is 13.0 Å². The Morgan fingerprint density at radius 1 is 1.46 bits per heavy atom. The predicted molar refractivity (Wildman–Crippen MR) is 51.2 cm³/mol. The maximum Gasteiger partial charge on any atom is 0.156 e. The number of ether oxygens (including phenoxy) is 1. The topological polar surface area (TPSA) is 45.0 Å². The van der Waals surface area contributed by atoms with Crippen molar-refractivity contribution in [2.45, 2.75) is 39.4 Å². The lowest BCUT2D eigenvalue weighted by Crippen LogP contribution is -2.45. The number of rotatable bonds is 1. The third-order valence-corrected chi connectivity index (χ3v) is 2.04. The van der Waals surface area contributed by atoms with Gasteiger partial charge in [0.15, 0.2) is 6.10 Å². The summed E-state index contributed by atoms with van der Waals surface area (Å²) >= 11 is 0. The average Bonchev–Trinajstić information content (AvgIpc) is 2.01. The maximum atomic E-state index is 8.69. The summed E-state index contributed by atoms with van der Waals surface area (Å²) in [6, 6.07) is 2.13. The van der Waals surface area contributed by atoms with Gasteiger partial charge in [-0.3, -0.25) is 0 Å². The highest BCUT2D eigenvalue weighted by atomic mass is 16.5. The van der Waals surface area contributed by atoms with Gasteiger partial charge < -0.3 is 10.1 Å². The summed E-state index contributed by atoms with van der Waals surface area (Å²) in [5, 5.41) is 11.9. The van der Waals surface area contributed by atoms with Crippen molar-refractivity contribution in [3.8, 4) is 6.07 Å². The zero-order valence-corrected chi connectivity index (χ0v) is 8.63. The van der Waals surface area contributed by atoms with Gasteiger partial charge in [-0.25, -0.2) is 0 Å². The van der Waals surface area contributed by atoms with Crippen LogP contribution in [0.15, 0.2) is 0 Å². The van der Waals surface area contributed by atoms with Gasteiger partial charge >= 0.3 is 0 Å². The van der Waals surface area contributed by atoms with Gasteiger partial charge in [-0.2, -0.15) is 5.26 Å². The summed E-state index contributed by atoms with van der Waals surface area (Å²) in [6.45, 7) is 8.09. The smallest absolute Gasteiger partial charge is 0.156 e. The summed E-state index contributed by atoms with van der Waals surface area (Å²) in [5.74, 6) is 0. The largest absolute Gasteiger partial charge is 0.357 e. The molecule has 0 amide bonds. The third kappa shape index (κ3) is 3.75. The molecule has 13 heavy (non-hydrogen) atoms. The number of nitriles is 1. The van der Waals surface area contributed by atoms with Crippen LogP contribution < -0.4 is 5.32 Å². The second-order valence-electron chi connectivity index (χ2n) is 4.80. The fourth-order valence-corrected chi connectivity index (χ4v) is 1.58. The van der Waals surface area contributed by atoms with Gasteiger partial charge in [0.2, 0.25) is 0 Å². The van der Waals surface area contributed by atoms with Gasteiger partial charge in [0.1, 0.15) is 0 Å². The van der Waals surface area contributed by atoms with Crippen LogP contribution in [-0.4, -0.2) is 25.3 Å². The highest BCUT2D eigenvalue weighted by Crippen LogP contribution is 2.23. The summed E-state index contributed by atoms with van der Waals surface area (Å²) in [6.07, 6.45) is 0.928. The minimum absolute atomic E-state index is 0.193. The molecule has 1 rings (SSSR count). The predicted octanol–water partition coefficient (Wildman–Crippen LogP) is 1.30. The van der Waals surface area contributed by atoms with Crippen LogP contribution in [0.5, 0.6) is 0 Å². The lowest BCUT2D eigenvalue weighted by Gasteiger charge is -2.31. The van der Waals surface area contributed by atoms with Crippen molar-refractivity contribution < 1.29 is 4.74 Å². The molecule has 1 saturated heterocycles. The van der Waals surface area contributed by atoms with Crippen molar-refractivity contribution in [2.24, 2.45) is 5.41 Å². The summed E-state index contributed by atoms with van der Waals surface area (Å²) in [4.78, 5) is 0. The van der Waals surface area contributed by atoms with Gasteiger partial charge in [0.05, 0.1) is 12.2 Å². The van der Waals surface area contributed by atoms with E-state index in [1.165, 1.54) is 0 Å². The van der Waals surface area contributed by atoms with Crippen LogP contribution in [0.3, 0.4) is 0 Å². The van der Waals surface area contributed by atoms with Gasteiger partial charge in [0, 0.05) is 13.1 Å². The lowest BCUT2D eigenvalue weighted by molar-refractivity contribution is -0.0280. The van der Waals surface area contributed by atoms with Crippen molar-refractivity contribution in [3.63, 3.8) is 0 Å². The first-order valence-corrected chi connectivity index (χ1v) is 4.77. The van der Waals surface area contributed by atoms with E-state index in [4.69, 9.17) is 10.00 Å². The summed E-state index contributed by atoms with van der Waals surface area (Å²) in [5.41, 5.74) is 0.268. The second kappa shape index (κ2) is 4.08. The SMILES string of the molecule is CC(C)(C)CC1CNCC(C#N)O1. The highest BCUT2D eigenvalue weighted by Gasteiger charge is 2.25. The molecule has 0 aromatic rings. The van der Waals surface area contributed by atoms with Crippen LogP contribution >= 0.6 is 0 Å². The van der Waals surface area contributed by atoms with E-state index in [-0.39, 0.29) is 17.6 Å². The van der Waals surface area contributed by atoms with E-state index in [0.29, 0.717) is 6.54 Å². The standard InChI is InChI=1S/C10H18N2O/c1-10(2,3)4-8-6-12-7-9(5-11)13-8/h8-9,12H,4,6-7H2,1-3H3. The zero-order valence-electron chi connectivity index (χ0n) is 8.63. The molecule has 74 valence electrons. The van der Waals surface area contributed by atoms with E-state index >= 15 is 0 Å². The van der Waals surface area contributed by atoms with E-state index in [1.54, 1.807) is 0 Å². The molecule has 1 aliphatic heterocycles. The van der Waals surface area contributed by atoms with E-state index in [9.17, 15) is 0 Å². The van der Waals surface area contributed by atoms with E-state index in [1.807, 2.05) is 0 Å². The van der Waals surface area contributed by atoms with Crippen molar-refractivity contribution in [1.29, 1.82) is 5.26 Å². The molecule has 1 heterocycles. The van der Waals surface area contributed by atoms with Gasteiger partial charge in [-0.15, -0.1) is 0 Å². The van der Waals surface area contributed by atoms with E-state index < -0.39 is 0 Å². The number of morpholine rings is 1. The zero-order chi connectivity index (χ0) is 9.90. The monoisotopic (exact) mass is 182 g/mol. The highest BCUT2D eigenvalue weighted by molar-refractivity contribution is 4.91. The Morgan fingerprint density at radius 3 is 2.69 bits per heavy atom. The normalized spacial score (nSPS) is 29.7. The third-order valence-electron chi connectivity index (χ3n) is 2.04. The average molecular weight is 182 g/mol. The minimum atomic E-state index is -0.263. The van der Waals surface area contributed by atoms with Crippen LogP contribution in [0.1, 0.15) is 27.2 Å². The Morgan fingerprint density at radius 2 is 2.15 bits per heavy atom. The van der Waals surface area contributed by atoms with Crippen molar-refractivity contribution >= 4 is 0 Å². The summed E-state index contributed by atoms with van der Waals surface area (Å²) < 4.78 is 5.59. The molecule has 3 heteroatoms. The van der Waals surface area contributed by atoms with Crippen molar-refractivity contribution in [3.05, 3.63) is 0 Å². The first-order chi connectivity index (χ1) is 6.01. The first kappa shape index (κ1) is 10.5. The van der Waals surface area contributed by atoms with Crippen molar-refractivity contribution in [1.82, 2.24) is 5.32 Å². The molecule has 1 fully saturated rings. The second-order valence-corrected chi connectivity index (χ2v) is 4.80. The molecule has 2 unspecified atom stereocenters. The fraction of sp³-hybridized carbons (Fsp3) is 0.900. The lowest BCUT2D eigenvalue weighted by atomic mass is 9.89. The Kier molecular flexibility index (Phi) is 3.29. The molecule has 0 radical (unpaired) electrons. The Bertz CT molecular complexity index is 202. The molecular formula is C10H18N2O. The molecule has 1 aliphatic rings. The molecule has 0 spiro atoms. The Hall–Kier alpha value is -0.590. The fourth-order valence-electron chi connectivity index (χ4n) is 1.58. The Labute approximate surface area is 80.1 Å². The summed E-state index contributed by atoms with van der Waals surface area (Å²) in [7, 11) is 0. The molecule has 2 atom stereocenters. The van der Waals surface area contributed by atoms with Gasteiger partial charge in [0.25, 0.3) is 0 Å². The molecule has 0 bridgehead atoms. The van der Waals surface area contributed by atoms with Gasteiger partial charge in [-0.05, 0) is 11.8 Å². The van der Waals surface area contributed by atoms with Crippen LogP contribution in [0.2, 0.25) is 0 Å². The first-order valence-electron chi connectivity index (χ1n) is 4.77. The molecule has 0 aliphatic carbocycles. The molecule has 0 aromatic carbocycles. The van der Waals surface area contributed by atoms with Crippen LogP contribution in [-0.2, 0) is 4.74 Å². The number of nitrogens with one attached hydrogen (secondary N) is 1. The number of hydrogen-bond acceptors (Lipinski definition) is 3. The Balaban J connectivity index is 2.40. The number of nitrogens with zero attached hydrogens (tertiary/aromatic N) is 1. The van der Waals surface area contributed by atoms with Crippen LogP contribution in [0, 0.1) is 16.7 Å². The molecule has 0 saturated carbocycles. The van der Waals surface area contributed by atoms with Crippen LogP contribution in [0.25, 0.3) is 0 Å². The maximum absolute atomic E-state index is 8.69. The molecule has 0 aromatic heterocycles.